The average Bonchev–Trinajstić information content (AvgIpc) is 2.76. The number of ether oxygens (including phenoxy) is 1. The van der Waals surface area contributed by atoms with E-state index in [1.54, 1.807) is 48.5 Å². The second kappa shape index (κ2) is 8.02. The number of amides is 1. The van der Waals surface area contributed by atoms with Crippen LogP contribution in [0.25, 0.3) is 11.1 Å². The van der Waals surface area contributed by atoms with Gasteiger partial charge in [0.15, 0.2) is 0 Å². The van der Waals surface area contributed by atoms with Crippen molar-refractivity contribution in [2.75, 3.05) is 18.9 Å². The number of halogens is 3. The fourth-order valence-electron chi connectivity index (χ4n) is 3.47. The number of benzene rings is 2. The second-order valence-corrected chi connectivity index (χ2v) is 7.46. The molecule has 3 N–H and O–H groups in total. The zero-order valence-electron chi connectivity index (χ0n) is 16.7. The maximum atomic E-state index is 12.8. The van der Waals surface area contributed by atoms with Crippen molar-refractivity contribution in [3.05, 3.63) is 83.0 Å². The van der Waals surface area contributed by atoms with Crippen molar-refractivity contribution in [2.45, 2.75) is 11.7 Å². The Morgan fingerprint density at radius 3 is 2.22 bits per heavy atom. The molecular weight excluding hydrogens is 419 g/mol. The van der Waals surface area contributed by atoms with E-state index in [0.717, 1.165) is 11.6 Å². The predicted octanol–water partition coefficient (Wildman–Crippen LogP) is 3.99. The minimum atomic E-state index is -4.56. The predicted molar refractivity (Wildman–Crippen MR) is 113 cm³/mol. The van der Waals surface area contributed by atoms with Gasteiger partial charge in [0.25, 0.3) is 5.91 Å². The number of rotatable bonds is 4. The van der Waals surface area contributed by atoms with Crippen molar-refractivity contribution in [2.24, 2.45) is 0 Å². The SMILES string of the molecule is C#Cc1ccc(C(=O)NC2(c3ccc(-c4ccc(C(F)(F)F)nc4N)cc3)COC2)cc1. The lowest BCUT2D eigenvalue weighted by atomic mass is 9.86. The van der Waals surface area contributed by atoms with E-state index in [0.29, 0.717) is 35.5 Å². The first-order chi connectivity index (χ1) is 15.2. The molecule has 5 nitrogen and oxygen atoms in total. The molecule has 1 aliphatic rings. The van der Waals surface area contributed by atoms with E-state index in [1.807, 2.05) is 0 Å². The van der Waals surface area contributed by atoms with Crippen LogP contribution in [0.3, 0.4) is 0 Å². The quantitative estimate of drug-likeness (QED) is 0.606. The number of alkyl halides is 3. The van der Waals surface area contributed by atoms with Crippen LogP contribution in [0, 0.1) is 12.3 Å². The van der Waals surface area contributed by atoms with E-state index < -0.39 is 17.4 Å². The molecule has 1 saturated heterocycles. The molecule has 1 fully saturated rings. The fraction of sp³-hybridized carbons (Fsp3) is 0.167. The number of hydrogen-bond acceptors (Lipinski definition) is 4. The first-order valence-electron chi connectivity index (χ1n) is 9.63. The van der Waals surface area contributed by atoms with E-state index >= 15 is 0 Å². The van der Waals surface area contributed by atoms with Crippen LogP contribution < -0.4 is 11.1 Å². The summed E-state index contributed by atoms with van der Waals surface area (Å²) in [5.74, 6) is 2.03. The molecule has 32 heavy (non-hydrogen) atoms. The van der Waals surface area contributed by atoms with Crippen LogP contribution in [0.2, 0.25) is 0 Å². The number of carbonyl (C=O) groups is 1. The van der Waals surface area contributed by atoms with Gasteiger partial charge >= 0.3 is 6.18 Å². The van der Waals surface area contributed by atoms with Crippen molar-refractivity contribution >= 4 is 11.7 Å². The number of carbonyl (C=O) groups excluding carboxylic acids is 1. The summed E-state index contributed by atoms with van der Waals surface area (Å²) >= 11 is 0. The molecule has 3 aromatic rings. The van der Waals surface area contributed by atoms with Crippen LogP contribution in [0.5, 0.6) is 0 Å². The molecule has 4 rings (SSSR count). The highest BCUT2D eigenvalue weighted by Crippen LogP contribution is 2.34. The number of hydrogen-bond donors (Lipinski definition) is 2. The Hall–Kier alpha value is -3.83. The number of nitrogen functional groups attached to an aromatic ring is 1. The Balaban J connectivity index is 1.56. The molecule has 0 bridgehead atoms. The molecule has 2 heterocycles. The summed E-state index contributed by atoms with van der Waals surface area (Å²) in [5.41, 5.74) is 6.97. The fourth-order valence-corrected chi connectivity index (χ4v) is 3.47. The molecule has 8 heteroatoms. The maximum Gasteiger partial charge on any atom is 0.433 e. The minimum absolute atomic E-state index is 0.210. The summed E-state index contributed by atoms with van der Waals surface area (Å²) in [7, 11) is 0. The van der Waals surface area contributed by atoms with Crippen LogP contribution in [-0.2, 0) is 16.5 Å². The molecule has 0 atom stereocenters. The summed E-state index contributed by atoms with van der Waals surface area (Å²) < 4.78 is 43.8. The number of pyridine rings is 1. The number of aromatic nitrogens is 1. The summed E-state index contributed by atoms with van der Waals surface area (Å²) in [6, 6.07) is 15.9. The van der Waals surface area contributed by atoms with Gasteiger partial charge in [-0.1, -0.05) is 30.2 Å². The van der Waals surface area contributed by atoms with Gasteiger partial charge in [-0.05, 0) is 47.5 Å². The highest BCUT2D eigenvalue weighted by Gasteiger charge is 2.42. The van der Waals surface area contributed by atoms with E-state index in [-0.39, 0.29) is 11.7 Å². The number of nitrogens with two attached hydrogens (primary N) is 1. The van der Waals surface area contributed by atoms with Gasteiger partial charge in [0.1, 0.15) is 17.1 Å². The Labute approximate surface area is 182 Å². The summed E-state index contributed by atoms with van der Waals surface area (Å²) in [6.45, 7) is 0.592. The van der Waals surface area contributed by atoms with Crippen LogP contribution in [0.4, 0.5) is 19.0 Å². The van der Waals surface area contributed by atoms with Crippen LogP contribution >= 0.6 is 0 Å². The molecule has 2 aromatic carbocycles. The molecule has 1 aromatic heterocycles. The molecule has 0 unspecified atom stereocenters. The molecular formula is C24H18F3N3O2. The maximum absolute atomic E-state index is 12.8. The van der Waals surface area contributed by atoms with Gasteiger partial charge in [-0.2, -0.15) is 13.2 Å². The Bertz CT molecular complexity index is 1190. The van der Waals surface area contributed by atoms with E-state index in [4.69, 9.17) is 16.9 Å². The van der Waals surface area contributed by atoms with Crippen LogP contribution in [0.15, 0.2) is 60.7 Å². The molecule has 0 aliphatic carbocycles. The van der Waals surface area contributed by atoms with Crippen LogP contribution in [-0.4, -0.2) is 24.1 Å². The molecule has 0 spiro atoms. The van der Waals surface area contributed by atoms with Crippen LogP contribution in [0.1, 0.15) is 27.2 Å². The van der Waals surface area contributed by atoms with Crippen molar-refractivity contribution in [1.29, 1.82) is 0 Å². The molecule has 0 radical (unpaired) electrons. The van der Waals surface area contributed by atoms with Gasteiger partial charge in [-0.15, -0.1) is 6.42 Å². The Morgan fingerprint density at radius 2 is 1.72 bits per heavy atom. The lowest BCUT2D eigenvalue weighted by molar-refractivity contribution is -0.141. The largest absolute Gasteiger partial charge is 0.433 e. The van der Waals surface area contributed by atoms with E-state index in [2.05, 4.69) is 16.2 Å². The van der Waals surface area contributed by atoms with Crippen molar-refractivity contribution in [1.82, 2.24) is 10.3 Å². The first kappa shape index (κ1) is 21.4. The van der Waals surface area contributed by atoms with Gasteiger partial charge in [-0.25, -0.2) is 4.98 Å². The molecule has 1 amide bonds. The third-order valence-corrected chi connectivity index (χ3v) is 5.33. The van der Waals surface area contributed by atoms with Crippen molar-refractivity contribution in [3.8, 4) is 23.5 Å². The lowest BCUT2D eigenvalue weighted by Crippen LogP contribution is -2.59. The average molecular weight is 437 g/mol. The summed E-state index contributed by atoms with van der Waals surface area (Å²) in [4.78, 5) is 16.2. The molecule has 0 saturated carbocycles. The number of nitrogens with one attached hydrogen (secondary N) is 1. The minimum Gasteiger partial charge on any atom is -0.383 e. The number of anilines is 1. The highest BCUT2D eigenvalue weighted by molar-refractivity contribution is 5.95. The van der Waals surface area contributed by atoms with Crippen molar-refractivity contribution < 1.29 is 22.7 Å². The standard InChI is InChI=1S/C24H18F3N3O2/c1-2-15-3-5-17(6-4-15)22(31)30-23(13-32-14-23)18-9-7-16(8-10-18)19-11-12-20(24(25,26)27)29-21(19)28/h1,3-12H,13-14H2,(H2,28,29)(H,30,31). The third-order valence-electron chi connectivity index (χ3n) is 5.33. The van der Waals surface area contributed by atoms with Gasteiger partial charge < -0.3 is 15.8 Å². The first-order valence-corrected chi connectivity index (χ1v) is 9.63. The van der Waals surface area contributed by atoms with Gasteiger partial charge in [-0.3, -0.25) is 4.79 Å². The number of nitrogens with zero attached hydrogens (tertiary/aromatic N) is 1. The van der Waals surface area contributed by atoms with Gasteiger partial charge in [0.05, 0.1) is 13.2 Å². The zero-order valence-corrected chi connectivity index (χ0v) is 16.7. The topological polar surface area (TPSA) is 77.2 Å². The second-order valence-electron chi connectivity index (χ2n) is 7.46. The van der Waals surface area contributed by atoms with E-state index in [9.17, 15) is 18.0 Å². The third kappa shape index (κ3) is 4.03. The summed E-state index contributed by atoms with van der Waals surface area (Å²) in [6.07, 6.45) is 0.782. The Morgan fingerprint density at radius 1 is 1.06 bits per heavy atom. The van der Waals surface area contributed by atoms with Crippen molar-refractivity contribution in [3.63, 3.8) is 0 Å². The molecule has 162 valence electrons. The smallest absolute Gasteiger partial charge is 0.383 e. The van der Waals surface area contributed by atoms with E-state index in [1.165, 1.54) is 6.07 Å². The Kier molecular flexibility index (Phi) is 5.36. The van der Waals surface area contributed by atoms with Gasteiger partial charge in [0.2, 0.25) is 0 Å². The molecule has 1 aliphatic heterocycles. The summed E-state index contributed by atoms with van der Waals surface area (Å²) in [5, 5.41) is 3.02. The normalized spacial score (nSPS) is 14.8. The monoisotopic (exact) mass is 437 g/mol. The zero-order chi connectivity index (χ0) is 22.9. The lowest BCUT2D eigenvalue weighted by Gasteiger charge is -2.42. The highest BCUT2D eigenvalue weighted by atomic mass is 19.4. The van der Waals surface area contributed by atoms with Gasteiger partial charge in [0, 0.05) is 16.7 Å². The number of terminal acetylenes is 1.